The van der Waals surface area contributed by atoms with Crippen LogP contribution in [-0.4, -0.2) is 19.8 Å². The van der Waals surface area contributed by atoms with E-state index in [-0.39, 0.29) is 0 Å². The molecule has 0 aliphatic carbocycles. The van der Waals surface area contributed by atoms with Crippen LogP contribution in [0.2, 0.25) is 0 Å². The van der Waals surface area contributed by atoms with E-state index >= 15 is 0 Å². The Morgan fingerprint density at radius 2 is 1.91 bits per heavy atom. The molecule has 68 valence electrons. The van der Waals surface area contributed by atoms with Crippen molar-refractivity contribution in [2.75, 3.05) is 13.6 Å². The van der Waals surface area contributed by atoms with Crippen LogP contribution in [0.25, 0.3) is 0 Å². The van der Waals surface area contributed by atoms with Gasteiger partial charge in [0.1, 0.15) is 6.17 Å². The highest BCUT2D eigenvalue weighted by atomic mass is 19.1. The number of rotatable bonds is 4. The Labute approximate surface area is 69.7 Å². The third kappa shape index (κ3) is 17.7. The average Bonchev–Trinajstić information content (AvgIpc) is 2.05. The fourth-order valence-electron chi connectivity index (χ4n) is 0.278. The van der Waals surface area contributed by atoms with Crippen LogP contribution in [0.4, 0.5) is 4.39 Å². The first-order chi connectivity index (χ1) is 5.22. The molecular weight excluding hydrogens is 141 g/mol. The fourth-order valence-corrected chi connectivity index (χ4v) is 0.278. The summed E-state index contributed by atoms with van der Waals surface area (Å²) in [6, 6.07) is 0. The minimum Gasteiger partial charge on any atom is -0.317 e. The summed E-state index contributed by atoms with van der Waals surface area (Å²) in [7, 11) is 1.70. The van der Waals surface area contributed by atoms with E-state index in [1.165, 1.54) is 18.9 Å². The lowest BCUT2D eigenvalue weighted by atomic mass is 10.4. The van der Waals surface area contributed by atoms with Gasteiger partial charge in [-0.05, 0) is 7.05 Å². The highest BCUT2D eigenvalue weighted by Crippen LogP contribution is 1.85. The first-order valence-electron chi connectivity index (χ1n) is 4.14. The molecule has 0 aromatic carbocycles. The molecule has 2 heteroatoms. The van der Waals surface area contributed by atoms with Gasteiger partial charge < -0.3 is 5.32 Å². The lowest BCUT2D eigenvalue weighted by Crippen LogP contribution is -2.17. The molecular formula is C9H20FN. The van der Waals surface area contributed by atoms with Crippen molar-refractivity contribution >= 4 is 0 Å². The van der Waals surface area contributed by atoms with Crippen molar-refractivity contribution in [2.24, 2.45) is 0 Å². The molecule has 0 aromatic heterocycles. The fraction of sp³-hybridized carbons (Fsp3) is 0.778. The first-order valence-corrected chi connectivity index (χ1v) is 4.14. The summed E-state index contributed by atoms with van der Waals surface area (Å²) in [5.74, 6) is 0. The van der Waals surface area contributed by atoms with Gasteiger partial charge in [0.05, 0.1) is 0 Å². The predicted molar refractivity (Wildman–Crippen MR) is 49.6 cm³/mol. The molecule has 0 spiro atoms. The number of alkyl halides is 1. The molecule has 0 amide bonds. The predicted octanol–water partition coefficient (Wildman–Crippen LogP) is 2.54. The van der Waals surface area contributed by atoms with Crippen molar-refractivity contribution in [3.05, 3.63) is 12.7 Å². The second-order valence-corrected chi connectivity index (χ2v) is 2.31. The summed E-state index contributed by atoms with van der Waals surface area (Å²) in [5, 5.41) is 2.67. The molecule has 1 nitrogen and oxygen atoms in total. The number of hydrogen-bond acceptors (Lipinski definition) is 1. The zero-order chi connectivity index (χ0) is 9.11. The standard InChI is InChI=1S/C5H10FN.C4H10/c1-3-5(6)4-7-2;1-3-4-2/h3,5,7H,1,4H2,2H3;3-4H2,1-2H3/t5-;/m0./s1. The minimum atomic E-state index is -0.898. The van der Waals surface area contributed by atoms with Gasteiger partial charge in [0, 0.05) is 6.54 Å². The molecule has 0 aromatic rings. The van der Waals surface area contributed by atoms with Crippen LogP contribution in [0.5, 0.6) is 0 Å². The van der Waals surface area contributed by atoms with Crippen molar-refractivity contribution in [2.45, 2.75) is 32.9 Å². The summed E-state index contributed by atoms with van der Waals surface area (Å²) >= 11 is 0. The van der Waals surface area contributed by atoms with Crippen LogP contribution >= 0.6 is 0 Å². The van der Waals surface area contributed by atoms with Gasteiger partial charge in [0.2, 0.25) is 0 Å². The molecule has 1 N–H and O–H groups in total. The second kappa shape index (κ2) is 12.3. The maximum Gasteiger partial charge on any atom is 0.130 e. The Hall–Kier alpha value is -0.370. The summed E-state index contributed by atoms with van der Waals surface area (Å²) in [6.45, 7) is 7.99. The van der Waals surface area contributed by atoms with Crippen LogP contribution in [0.1, 0.15) is 26.7 Å². The van der Waals surface area contributed by atoms with Crippen molar-refractivity contribution in [1.29, 1.82) is 0 Å². The molecule has 0 rings (SSSR count). The molecule has 1 atom stereocenters. The van der Waals surface area contributed by atoms with E-state index in [0.29, 0.717) is 6.54 Å². The number of unbranched alkanes of at least 4 members (excludes halogenated alkanes) is 1. The molecule has 0 unspecified atom stereocenters. The zero-order valence-electron chi connectivity index (χ0n) is 7.86. The Morgan fingerprint density at radius 3 is 2.00 bits per heavy atom. The van der Waals surface area contributed by atoms with E-state index in [4.69, 9.17) is 0 Å². The largest absolute Gasteiger partial charge is 0.317 e. The van der Waals surface area contributed by atoms with E-state index in [0.717, 1.165) is 0 Å². The number of nitrogens with one attached hydrogen (secondary N) is 1. The van der Waals surface area contributed by atoms with Crippen molar-refractivity contribution < 1.29 is 4.39 Å². The monoisotopic (exact) mass is 161 g/mol. The summed E-state index contributed by atoms with van der Waals surface area (Å²) in [4.78, 5) is 0. The van der Waals surface area contributed by atoms with Gasteiger partial charge >= 0.3 is 0 Å². The molecule has 0 aliphatic heterocycles. The Bertz CT molecular complexity index is 72.0. The summed E-state index contributed by atoms with van der Waals surface area (Å²) in [5.41, 5.74) is 0. The van der Waals surface area contributed by atoms with Crippen LogP contribution in [0, 0.1) is 0 Å². The molecule has 0 bridgehead atoms. The molecule has 0 saturated carbocycles. The Balaban J connectivity index is 0. The lowest BCUT2D eigenvalue weighted by molar-refractivity contribution is 0.390. The topological polar surface area (TPSA) is 12.0 Å². The quantitative estimate of drug-likeness (QED) is 0.625. The van der Waals surface area contributed by atoms with Gasteiger partial charge in [0.25, 0.3) is 0 Å². The van der Waals surface area contributed by atoms with Gasteiger partial charge in [-0.15, -0.1) is 6.58 Å². The van der Waals surface area contributed by atoms with Crippen LogP contribution in [0.3, 0.4) is 0 Å². The minimum absolute atomic E-state index is 0.365. The first kappa shape index (κ1) is 13.2. The van der Waals surface area contributed by atoms with Gasteiger partial charge in [-0.2, -0.15) is 0 Å². The molecule has 0 aliphatic rings. The van der Waals surface area contributed by atoms with Gasteiger partial charge in [-0.3, -0.25) is 0 Å². The van der Waals surface area contributed by atoms with E-state index < -0.39 is 6.17 Å². The zero-order valence-corrected chi connectivity index (χ0v) is 7.86. The molecule has 0 radical (unpaired) electrons. The smallest absolute Gasteiger partial charge is 0.130 e. The van der Waals surface area contributed by atoms with Gasteiger partial charge in [0.15, 0.2) is 0 Å². The maximum atomic E-state index is 12.0. The molecule has 0 saturated heterocycles. The van der Waals surface area contributed by atoms with E-state index in [2.05, 4.69) is 25.7 Å². The number of hydrogen-bond donors (Lipinski definition) is 1. The Morgan fingerprint density at radius 1 is 1.45 bits per heavy atom. The third-order valence-electron chi connectivity index (χ3n) is 1.15. The highest BCUT2D eigenvalue weighted by Gasteiger charge is 1.93. The SMILES string of the molecule is C=C[C@H](F)CNC.CCCC. The molecule has 0 fully saturated rings. The second-order valence-electron chi connectivity index (χ2n) is 2.31. The van der Waals surface area contributed by atoms with Crippen molar-refractivity contribution in [1.82, 2.24) is 5.32 Å². The van der Waals surface area contributed by atoms with Crippen molar-refractivity contribution in [3.8, 4) is 0 Å². The van der Waals surface area contributed by atoms with Crippen LogP contribution < -0.4 is 5.32 Å². The maximum absolute atomic E-state index is 12.0. The lowest BCUT2D eigenvalue weighted by Gasteiger charge is -1.96. The van der Waals surface area contributed by atoms with Gasteiger partial charge in [-0.25, -0.2) is 4.39 Å². The summed E-state index contributed by atoms with van der Waals surface area (Å²) < 4.78 is 12.0. The molecule has 11 heavy (non-hydrogen) atoms. The van der Waals surface area contributed by atoms with E-state index in [1.807, 2.05) is 0 Å². The normalized spacial score (nSPS) is 11.3. The highest BCUT2D eigenvalue weighted by molar-refractivity contribution is 4.79. The van der Waals surface area contributed by atoms with Crippen LogP contribution in [-0.2, 0) is 0 Å². The van der Waals surface area contributed by atoms with E-state index in [1.54, 1.807) is 7.05 Å². The molecule has 0 heterocycles. The van der Waals surface area contributed by atoms with Gasteiger partial charge in [-0.1, -0.05) is 32.8 Å². The van der Waals surface area contributed by atoms with E-state index in [9.17, 15) is 4.39 Å². The number of halogens is 1. The van der Waals surface area contributed by atoms with Crippen molar-refractivity contribution in [3.63, 3.8) is 0 Å². The summed E-state index contributed by atoms with van der Waals surface area (Å²) in [6.07, 6.45) is 3.02. The average molecular weight is 161 g/mol. The Kier molecular flexibility index (Phi) is 14.8. The van der Waals surface area contributed by atoms with Crippen LogP contribution in [0.15, 0.2) is 12.7 Å². The third-order valence-corrected chi connectivity index (χ3v) is 1.15.